The van der Waals surface area contributed by atoms with E-state index in [0.717, 1.165) is 24.1 Å². The summed E-state index contributed by atoms with van der Waals surface area (Å²) in [4.78, 5) is 22.6. The van der Waals surface area contributed by atoms with E-state index in [-0.39, 0.29) is 17.2 Å². The SMILES string of the molecule is CCCCN1Cn2c(nc(C)c2-c2ccc(C(F)(F)c3ccccn3)cc2)C1=O. The number of aryl methyl sites for hydroxylation is 1. The van der Waals surface area contributed by atoms with Crippen LogP contribution in [0.2, 0.25) is 0 Å². The summed E-state index contributed by atoms with van der Waals surface area (Å²) in [5, 5.41) is 0. The van der Waals surface area contributed by atoms with Gasteiger partial charge in [-0.3, -0.25) is 9.78 Å². The number of alkyl halides is 2. The lowest BCUT2D eigenvalue weighted by Gasteiger charge is -2.17. The van der Waals surface area contributed by atoms with Crippen molar-refractivity contribution in [2.75, 3.05) is 6.54 Å². The van der Waals surface area contributed by atoms with Crippen LogP contribution in [0.4, 0.5) is 8.78 Å². The first kappa shape index (κ1) is 19.2. The second-order valence-corrected chi connectivity index (χ2v) is 7.23. The number of benzene rings is 1. The highest BCUT2D eigenvalue weighted by Crippen LogP contribution is 2.36. The van der Waals surface area contributed by atoms with Gasteiger partial charge in [0.25, 0.3) is 5.91 Å². The Bertz CT molecular complexity index is 1030. The van der Waals surface area contributed by atoms with Gasteiger partial charge in [0, 0.05) is 23.9 Å². The number of halogens is 2. The van der Waals surface area contributed by atoms with E-state index in [0.29, 0.717) is 24.7 Å². The van der Waals surface area contributed by atoms with Crippen molar-refractivity contribution in [3.63, 3.8) is 0 Å². The third-order valence-electron chi connectivity index (χ3n) is 5.22. The Kier molecular flexibility index (Phi) is 4.90. The summed E-state index contributed by atoms with van der Waals surface area (Å²) in [6, 6.07) is 10.6. The molecule has 2 aromatic heterocycles. The number of carbonyl (C=O) groups is 1. The van der Waals surface area contributed by atoms with Gasteiger partial charge in [-0.15, -0.1) is 0 Å². The lowest BCUT2D eigenvalue weighted by molar-refractivity contribution is 0.0380. The number of fused-ring (bicyclic) bond motifs is 1. The molecule has 0 saturated heterocycles. The molecule has 0 spiro atoms. The van der Waals surface area contributed by atoms with Crippen LogP contribution in [0.15, 0.2) is 48.7 Å². The number of nitrogens with zero attached hydrogens (tertiary/aromatic N) is 4. The molecule has 0 fully saturated rings. The molecule has 0 saturated carbocycles. The summed E-state index contributed by atoms with van der Waals surface area (Å²) in [5.74, 6) is -2.84. The topological polar surface area (TPSA) is 51.0 Å². The standard InChI is InChI=1S/C22H22F2N4O/c1-3-4-13-27-14-28-19(15(2)26-20(28)21(27)29)16-8-10-17(11-9-16)22(23,24)18-7-5-6-12-25-18/h5-12H,3-4,13-14H2,1-2H3. The molecule has 0 unspecified atom stereocenters. The van der Waals surface area contributed by atoms with Crippen LogP contribution in [-0.4, -0.2) is 31.9 Å². The molecule has 0 N–H and O–H groups in total. The minimum absolute atomic E-state index is 0.0777. The fourth-order valence-corrected chi connectivity index (χ4v) is 3.67. The van der Waals surface area contributed by atoms with Gasteiger partial charge in [0.05, 0.1) is 18.1 Å². The number of hydrogen-bond donors (Lipinski definition) is 0. The quantitative estimate of drug-likeness (QED) is 0.612. The molecule has 0 atom stereocenters. The number of unbranched alkanes of at least 4 members (excludes halogenated alkanes) is 1. The normalized spacial score (nSPS) is 13.8. The third-order valence-corrected chi connectivity index (χ3v) is 5.22. The first-order valence-corrected chi connectivity index (χ1v) is 9.70. The molecule has 0 bridgehead atoms. The molecule has 3 aromatic rings. The van der Waals surface area contributed by atoms with Crippen LogP contribution in [0.1, 0.15) is 47.3 Å². The number of hydrogen-bond acceptors (Lipinski definition) is 3. The van der Waals surface area contributed by atoms with E-state index in [1.54, 1.807) is 29.2 Å². The fourth-order valence-electron chi connectivity index (χ4n) is 3.67. The smallest absolute Gasteiger partial charge is 0.314 e. The fraction of sp³-hybridized carbons (Fsp3) is 0.318. The van der Waals surface area contributed by atoms with E-state index in [9.17, 15) is 13.6 Å². The summed E-state index contributed by atoms with van der Waals surface area (Å²) in [5.41, 5.74) is 1.85. The van der Waals surface area contributed by atoms with Crippen molar-refractivity contribution in [3.05, 3.63) is 71.4 Å². The predicted octanol–water partition coefficient (Wildman–Crippen LogP) is 4.61. The zero-order valence-electron chi connectivity index (χ0n) is 16.4. The first-order chi connectivity index (χ1) is 13.9. The molecule has 29 heavy (non-hydrogen) atoms. The minimum Gasteiger partial charge on any atom is -0.318 e. The zero-order chi connectivity index (χ0) is 20.6. The molecular formula is C22H22F2N4O. The number of carbonyl (C=O) groups excluding carboxylic acids is 1. The van der Waals surface area contributed by atoms with Crippen LogP contribution < -0.4 is 0 Å². The van der Waals surface area contributed by atoms with Crippen molar-refractivity contribution >= 4 is 5.91 Å². The van der Waals surface area contributed by atoms with E-state index in [1.165, 1.54) is 24.4 Å². The Labute approximate surface area is 168 Å². The summed E-state index contributed by atoms with van der Waals surface area (Å²) in [7, 11) is 0. The maximum atomic E-state index is 14.8. The second-order valence-electron chi connectivity index (χ2n) is 7.23. The molecule has 4 rings (SSSR count). The zero-order valence-corrected chi connectivity index (χ0v) is 16.4. The van der Waals surface area contributed by atoms with Crippen LogP contribution >= 0.6 is 0 Å². The van der Waals surface area contributed by atoms with Gasteiger partial charge in [0.15, 0.2) is 0 Å². The number of rotatable bonds is 6. The molecule has 0 radical (unpaired) electrons. The van der Waals surface area contributed by atoms with Crippen molar-refractivity contribution in [1.29, 1.82) is 0 Å². The maximum absolute atomic E-state index is 14.8. The maximum Gasteiger partial charge on any atom is 0.314 e. The average molecular weight is 396 g/mol. The van der Waals surface area contributed by atoms with Crippen molar-refractivity contribution in [2.45, 2.75) is 39.3 Å². The van der Waals surface area contributed by atoms with Gasteiger partial charge in [0.2, 0.25) is 5.82 Å². The monoisotopic (exact) mass is 396 g/mol. The van der Waals surface area contributed by atoms with Gasteiger partial charge >= 0.3 is 5.92 Å². The summed E-state index contributed by atoms with van der Waals surface area (Å²) in [6.07, 6.45) is 3.30. The van der Waals surface area contributed by atoms with Gasteiger partial charge in [-0.1, -0.05) is 43.7 Å². The summed E-state index contributed by atoms with van der Waals surface area (Å²) >= 11 is 0. The number of aromatic nitrogens is 3. The average Bonchev–Trinajstić information content (AvgIpc) is 3.21. The third kappa shape index (κ3) is 3.30. The molecule has 1 aliphatic rings. The van der Waals surface area contributed by atoms with Gasteiger partial charge in [0.1, 0.15) is 5.69 Å². The highest BCUT2D eigenvalue weighted by molar-refractivity contribution is 5.94. The van der Waals surface area contributed by atoms with Crippen LogP contribution in [-0.2, 0) is 12.6 Å². The number of pyridine rings is 1. The van der Waals surface area contributed by atoms with E-state index in [4.69, 9.17) is 0 Å². The number of imidazole rings is 1. The van der Waals surface area contributed by atoms with Gasteiger partial charge < -0.3 is 9.47 Å². The highest BCUT2D eigenvalue weighted by Gasteiger charge is 2.36. The molecule has 3 heterocycles. The van der Waals surface area contributed by atoms with E-state index in [1.807, 2.05) is 11.5 Å². The Balaban J connectivity index is 1.65. The molecule has 0 aliphatic carbocycles. The minimum atomic E-state index is -3.18. The van der Waals surface area contributed by atoms with E-state index >= 15 is 0 Å². The molecule has 1 amide bonds. The van der Waals surface area contributed by atoms with Crippen LogP contribution in [0, 0.1) is 6.92 Å². The van der Waals surface area contributed by atoms with Gasteiger partial charge in [-0.2, -0.15) is 8.78 Å². The Morgan fingerprint density at radius 2 is 1.90 bits per heavy atom. The van der Waals surface area contributed by atoms with Gasteiger partial charge in [-0.25, -0.2) is 4.98 Å². The Morgan fingerprint density at radius 3 is 2.55 bits per heavy atom. The van der Waals surface area contributed by atoms with Crippen molar-refractivity contribution in [3.8, 4) is 11.3 Å². The van der Waals surface area contributed by atoms with Crippen molar-refractivity contribution in [1.82, 2.24) is 19.4 Å². The number of amides is 1. The Morgan fingerprint density at radius 1 is 1.14 bits per heavy atom. The predicted molar refractivity (Wildman–Crippen MR) is 106 cm³/mol. The van der Waals surface area contributed by atoms with Crippen LogP contribution in [0.5, 0.6) is 0 Å². The van der Waals surface area contributed by atoms with E-state index in [2.05, 4.69) is 16.9 Å². The first-order valence-electron chi connectivity index (χ1n) is 9.70. The van der Waals surface area contributed by atoms with Gasteiger partial charge in [-0.05, 0) is 25.5 Å². The van der Waals surface area contributed by atoms with Crippen molar-refractivity contribution in [2.24, 2.45) is 0 Å². The molecule has 5 nitrogen and oxygen atoms in total. The molecule has 7 heteroatoms. The molecule has 1 aliphatic heterocycles. The Hall–Kier alpha value is -3.09. The largest absolute Gasteiger partial charge is 0.318 e. The lowest BCUT2D eigenvalue weighted by Crippen LogP contribution is -2.26. The van der Waals surface area contributed by atoms with E-state index < -0.39 is 5.92 Å². The summed E-state index contributed by atoms with van der Waals surface area (Å²) in [6.45, 7) is 5.04. The molecular weight excluding hydrogens is 374 g/mol. The summed E-state index contributed by atoms with van der Waals surface area (Å²) < 4.78 is 31.4. The molecule has 1 aromatic carbocycles. The van der Waals surface area contributed by atoms with Crippen LogP contribution in [0.25, 0.3) is 11.3 Å². The lowest BCUT2D eigenvalue weighted by atomic mass is 10.0. The van der Waals surface area contributed by atoms with Crippen molar-refractivity contribution < 1.29 is 13.6 Å². The second kappa shape index (κ2) is 7.39. The highest BCUT2D eigenvalue weighted by atomic mass is 19.3. The van der Waals surface area contributed by atoms with Crippen LogP contribution in [0.3, 0.4) is 0 Å². The molecule has 150 valence electrons.